The van der Waals surface area contributed by atoms with Crippen LogP contribution in [0.2, 0.25) is 0 Å². The fraction of sp³-hybridized carbons (Fsp3) is 0.643. The summed E-state index contributed by atoms with van der Waals surface area (Å²) in [5.74, 6) is 2.41. The number of hydrogen-bond acceptors (Lipinski definition) is 0. The molecule has 0 aliphatic heterocycles. The van der Waals surface area contributed by atoms with Gasteiger partial charge in [-0.05, 0) is 60.3 Å². The standard InChI is InChI=1S/C28H41F/c1-2-3-4-5-6-7-8-9-10-23-11-13-24(14-12-23)25-15-17-26(18-16-25)27-19-21-28(29)22-20-27/h15,17-25H,2-14,16H2,1H3. The number of hydrogen-bond donors (Lipinski definition) is 0. The van der Waals surface area contributed by atoms with Gasteiger partial charge in [0.15, 0.2) is 0 Å². The van der Waals surface area contributed by atoms with Crippen LogP contribution in [-0.2, 0) is 0 Å². The molecule has 1 aromatic carbocycles. The molecule has 2 aliphatic carbocycles. The number of halogens is 1. The van der Waals surface area contributed by atoms with E-state index in [2.05, 4.69) is 25.2 Å². The largest absolute Gasteiger partial charge is 0.207 e. The normalized spacial score (nSPS) is 24.5. The molecular formula is C28H41F. The van der Waals surface area contributed by atoms with Crippen LogP contribution in [0.15, 0.2) is 42.5 Å². The fourth-order valence-electron chi connectivity index (χ4n) is 5.31. The van der Waals surface area contributed by atoms with Crippen molar-refractivity contribution in [3.8, 4) is 0 Å². The average Bonchev–Trinajstić information content (AvgIpc) is 2.77. The third-order valence-electron chi connectivity index (χ3n) is 7.27. The topological polar surface area (TPSA) is 0 Å². The molecule has 0 aromatic heterocycles. The zero-order valence-electron chi connectivity index (χ0n) is 18.6. The Morgan fingerprint density at radius 3 is 2.10 bits per heavy atom. The Kier molecular flexibility index (Phi) is 9.51. The zero-order chi connectivity index (χ0) is 20.3. The molecule has 1 saturated carbocycles. The van der Waals surface area contributed by atoms with Gasteiger partial charge in [0.1, 0.15) is 5.82 Å². The van der Waals surface area contributed by atoms with Crippen molar-refractivity contribution in [2.24, 2.45) is 17.8 Å². The van der Waals surface area contributed by atoms with Gasteiger partial charge >= 0.3 is 0 Å². The monoisotopic (exact) mass is 396 g/mol. The van der Waals surface area contributed by atoms with Crippen LogP contribution in [0.25, 0.3) is 5.57 Å². The van der Waals surface area contributed by atoms with Gasteiger partial charge in [0.25, 0.3) is 0 Å². The van der Waals surface area contributed by atoms with E-state index in [4.69, 9.17) is 0 Å². The van der Waals surface area contributed by atoms with Gasteiger partial charge in [-0.25, -0.2) is 4.39 Å². The number of benzene rings is 1. The van der Waals surface area contributed by atoms with Crippen LogP contribution < -0.4 is 0 Å². The van der Waals surface area contributed by atoms with E-state index in [1.54, 1.807) is 12.1 Å². The summed E-state index contributed by atoms with van der Waals surface area (Å²) in [5, 5.41) is 0. The molecular weight excluding hydrogens is 355 g/mol. The second-order valence-electron chi connectivity index (χ2n) is 9.47. The van der Waals surface area contributed by atoms with Crippen molar-refractivity contribution >= 4 is 5.57 Å². The van der Waals surface area contributed by atoms with E-state index in [0.29, 0.717) is 5.92 Å². The van der Waals surface area contributed by atoms with Crippen LogP contribution in [-0.4, -0.2) is 0 Å². The molecule has 1 heteroatoms. The summed E-state index contributed by atoms with van der Waals surface area (Å²) in [7, 11) is 0. The summed E-state index contributed by atoms with van der Waals surface area (Å²) in [6, 6.07) is 6.90. The van der Waals surface area contributed by atoms with Crippen molar-refractivity contribution in [2.45, 2.75) is 96.8 Å². The van der Waals surface area contributed by atoms with E-state index in [9.17, 15) is 4.39 Å². The van der Waals surface area contributed by atoms with Crippen molar-refractivity contribution in [3.05, 3.63) is 53.9 Å². The van der Waals surface area contributed by atoms with Crippen molar-refractivity contribution in [2.75, 3.05) is 0 Å². The van der Waals surface area contributed by atoms with Gasteiger partial charge < -0.3 is 0 Å². The van der Waals surface area contributed by atoms with Gasteiger partial charge in [-0.1, -0.05) is 108 Å². The lowest BCUT2D eigenvalue weighted by Gasteiger charge is -2.33. The fourth-order valence-corrected chi connectivity index (χ4v) is 5.31. The summed E-state index contributed by atoms with van der Waals surface area (Å²) in [6.45, 7) is 2.29. The van der Waals surface area contributed by atoms with Crippen molar-refractivity contribution in [1.82, 2.24) is 0 Å². The highest BCUT2D eigenvalue weighted by Crippen LogP contribution is 2.39. The van der Waals surface area contributed by atoms with Crippen LogP contribution in [0, 0.1) is 23.6 Å². The number of unbranched alkanes of at least 4 members (excludes halogenated alkanes) is 7. The van der Waals surface area contributed by atoms with E-state index in [-0.39, 0.29) is 5.82 Å². The first-order valence-corrected chi connectivity index (χ1v) is 12.4. The summed E-state index contributed by atoms with van der Waals surface area (Å²) < 4.78 is 13.1. The van der Waals surface area contributed by atoms with E-state index in [1.165, 1.54) is 89.0 Å². The second-order valence-corrected chi connectivity index (χ2v) is 9.47. The Morgan fingerprint density at radius 2 is 1.48 bits per heavy atom. The maximum absolute atomic E-state index is 13.1. The second kappa shape index (κ2) is 12.4. The Hall–Kier alpha value is -1.37. The van der Waals surface area contributed by atoms with Crippen LogP contribution in [0.3, 0.4) is 0 Å². The summed E-state index contributed by atoms with van der Waals surface area (Å²) >= 11 is 0. The van der Waals surface area contributed by atoms with E-state index >= 15 is 0 Å². The Bertz CT molecular complexity index is 631. The number of rotatable bonds is 11. The molecule has 29 heavy (non-hydrogen) atoms. The van der Waals surface area contributed by atoms with E-state index < -0.39 is 0 Å². The molecule has 160 valence electrons. The Balaban J connectivity index is 1.29. The molecule has 0 saturated heterocycles. The van der Waals surface area contributed by atoms with Gasteiger partial charge in [-0.3, -0.25) is 0 Å². The molecule has 0 nitrogen and oxygen atoms in total. The first kappa shape index (κ1) is 22.3. The number of allylic oxidation sites excluding steroid dienone is 4. The molecule has 0 bridgehead atoms. The minimum absolute atomic E-state index is 0.157. The summed E-state index contributed by atoms with van der Waals surface area (Å²) in [5.41, 5.74) is 2.39. The van der Waals surface area contributed by atoms with Crippen LogP contribution in [0.4, 0.5) is 4.39 Å². The van der Waals surface area contributed by atoms with Gasteiger partial charge in [0, 0.05) is 0 Å². The van der Waals surface area contributed by atoms with Crippen molar-refractivity contribution in [3.63, 3.8) is 0 Å². The highest BCUT2D eigenvalue weighted by molar-refractivity contribution is 5.74. The highest BCUT2D eigenvalue weighted by atomic mass is 19.1. The predicted octanol–water partition coefficient (Wildman–Crippen LogP) is 9.12. The van der Waals surface area contributed by atoms with Crippen LogP contribution in [0.1, 0.15) is 102 Å². The molecule has 1 fully saturated rings. The molecule has 0 N–H and O–H groups in total. The molecule has 0 amide bonds. The SMILES string of the molecule is CCCCCCCCCCC1CCC(C2C=CC(c3ccc(F)cc3)=CC2)CC1. The Labute approximate surface area is 178 Å². The molecule has 3 rings (SSSR count). The van der Waals surface area contributed by atoms with Gasteiger partial charge in [0.05, 0.1) is 0 Å². The van der Waals surface area contributed by atoms with Gasteiger partial charge in [-0.2, -0.15) is 0 Å². The minimum Gasteiger partial charge on any atom is -0.207 e. The smallest absolute Gasteiger partial charge is 0.123 e. The predicted molar refractivity (Wildman–Crippen MR) is 124 cm³/mol. The quantitative estimate of drug-likeness (QED) is 0.327. The average molecular weight is 397 g/mol. The van der Waals surface area contributed by atoms with E-state index in [0.717, 1.165) is 23.8 Å². The zero-order valence-corrected chi connectivity index (χ0v) is 18.6. The highest BCUT2D eigenvalue weighted by Gasteiger charge is 2.26. The molecule has 0 heterocycles. The van der Waals surface area contributed by atoms with Gasteiger partial charge in [0.2, 0.25) is 0 Å². The van der Waals surface area contributed by atoms with Crippen LogP contribution >= 0.6 is 0 Å². The van der Waals surface area contributed by atoms with Crippen molar-refractivity contribution < 1.29 is 4.39 Å². The molecule has 2 aliphatic rings. The maximum Gasteiger partial charge on any atom is 0.123 e. The maximum atomic E-state index is 13.1. The molecule has 0 radical (unpaired) electrons. The lowest BCUT2D eigenvalue weighted by molar-refractivity contribution is 0.218. The Morgan fingerprint density at radius 1 is 0.828 bits per heavy atom. The first-order chi connectivity index (χ1) is 14.3. The molecule has 0 spiro atoms. The van der Waals surface area contributed by atoms with Crippen LogP contribution in [0.5, 0.6) is 0 Å². The molecule has 1 aromatic rings. The lowest BCUT2D eigenvalue weighted by Crippen LogP contribution is -2.21. The van der Waals surface area contributed by atoms with E-state index in [1.807, 2.05) is 12.1 Å². The minimum atomic E-state index is -0.157. The molecule has 1 atom stereocenters. The summed E-state index contributed by atoms with van der Waals surface area (Å²) in [6.07, 6.45) is 26.9. The summed E-state index contributed by atoms with van der Waals surface area (Å²) in [4.78, 5) is 0. The molecule has 1 unspecified atom stereocenters. The lowest BCUT2D eigenvalue weighted by atomic mass is 9.72. The third kappa shape index (κ3) is 7.43. The van der Waals surface area contributed by atoms with Crippen molar-refractivity contribution in [1.29, 1.82) is 0 Å². The van der Waals surface area contributed by atoms with Gasteiger partial charge in [-0.15, -0.1) is 0 Å². The third-order valence-corrected chi connectivity index (χ3v) is 7.27. The first-order valence-electron chi connectivity index (χ1n) is 12.4.